The molecule has 1 unspecified atom stereocenters. The van der Waals surface area contributed by atoms with Crippen molar-refractivity contribution in [3.8, 4) is 11.1 Å². The molecule has 0 saturated carbocycles. The molecule has 0 radical (unpaired) electrons. The molecule has 0 amide bonds. The molecular weight excluding hydrogens is 631 g/mol. The molecular formula is C39H44Cl2Zr. The molecule has 1 atom stereocenters. The maximum atomic E-state index is 5.43. The Morgan fingerprint density at radius 3 is 2.00 bits per heavy atom. The first kappa shape index (κ1) is 31.4. The molecule has 3 aromatic rings. The number of allylic oxidation sites excluding steroid dienone is 6. The Morgan fingerprint density at radius 2 is 1.40 bits per heavy atom. The van der Waals surface area contributed by atoms with Crippen molar-refractivity contribution in [3.63, 3.8) is 0 Å². The van der Waals surface area contributed by atoms with Gasteiger partial charge in [-0.3, -0.25) is 0 Å². The number of benzene rings is 3. The fraction of sp³-hybridized carbons (Fsp3) is 0.308. The van der Waals surface area contributed by atoms with Crippen molar-refractivity contribution in [2.24, 2.45) is 5.92 Å². The minimum atomic E-state index is -4.18. The number of hydrogen-bond acceptors (Lipinski definition) is 0. The molecule has 42 heavy (non-hydrogen) atoms. The van der Waals surface area contributed by atoms with Gasteiger partial charge in [0.2, 0.25) is 0 Å². The first-order valence-electron chi connectivity index (χ1n) is 15.0. The van der Waals surface area contributed by atoms with Crippen LogP contribution in [0.1, 0.15) is 80.5 Å². The standard InChI is InChI=1S/C23H21.C7H9.C7H7.CH3.CH2.2ClH.Zr/c1-22(2)7-5-14-10-18-16(12-20(14)22)9-17-13-21-15(11-19(17)18)6-8-23(21,3)4;1-6-3-4-7(2)5-6;1-7-5-3-2-4-6-7;;;;;/h5-7,10-13H,9H2,1-4H3;3,5,7H,1-2H3;3-6H,1H3;1H3;1H2;2*1H;. The summed E-state index contributed by atoms with van der Waals surface area (Å²) in [6.45, 7) is 16.4. The molecule has 3 heteroatoms. The molecule has 4 aliphatic rings. The van der Waals surface area contributed by atoms with Crippen molar-refractivity contribution >= 4 is 44.4 Å². The van der Waals surface area contributed by atoms with Crippen molar-refractivity contribution in [1.29, 1.82) is 0 Å². The number of halogens is 2. The van der Waals surface area contributed by atoms with Crippen molar-refractivity contribution in [2.75, 3.05) is 0 Å². The van der Waals surface area contributed by atoms with E-state index in [1.54, 1.807) is 6.56 Å². The second kappa shape index (κ2) is 9.73. The van der Waals surface area contributed by atoms with Gasteiger partial charge >= 0.3 is 243 Å². The third kappa shape index (κ3) is 4.14. The van der Waals surface area contributed by atoms with E-state index in [1.165, 1.54) is 58.9 Å². The molecule has 0 N–H and O–H groups in total. The van der Waals surface area contributed by atoms with E-state index < -0.39 is 18.3 Å². The van der Waals surface area contributed by atoms with Crippen LogP contribution in [0, 0.1) is 12.8 Å². The van der Waals surface area contributed by atoms with Crippen LogP contribution in [0.15, 0.2) is 78.9 Å². The summed E-state index contributed by atoms with van der Waals surface area (Å²) in [5, 5.41) is 0. The molecule has 4 aliphatic carbocycles. The summed E-state index contributed by atoms with van der Waals surface area (Å²) in [5.74, 6) is 0.422. The normalized spacial score (nSPS) is 20.4. The second-order valence-corrected chi connectivity index (χ2v) is 28.8. The van der Waals surface area contributed by atoms with Gasteiger partial charge in [0.15, 0.2) is 0 Å². The van der Waals surface area contributed by atoms with E-state index in [0.29, 0.717) is 5.92 Å². The van der Waals surface area contributed by atoms with Gasteiger partial charge in [0.05, 0.1) is 0 Å². The predicted octanol–water partition coefficient (Wildman–Crippen LogP) is 10.3. The number of rotatable bonds is 3. The molecule has 0 heterocycles. The Labute approximate surface area is 266 Å². The Balaban J connectivity index is 0.00000176. The SMILES string of the molecule is Cl.Cl.[CH2]=[Zr]([CH3])([C]1=CC(C)=CC1C)([C]1=Cc2cc3c(cc2C1(C)C)Cc1cc2c(cc1-3)C=CC2(C)C)[c]1ccc(C)cc1. The van der Waals surface area contributed by atoms with E-state index in [4.69, 9.17) is 4.21 Å². The van der Waals surface area contributed by atoms with E-state index in [9.17, 15) is 0 Å². The van der Waals surface area contributed by atoms with Crippen LogP contribution >= 0.6 is 24.8 Å². The Hall–Kier alpha value is -2.05. The molecule has 0 aliphatic heterocycles. The van der Waals surface area contributed by atoms with Gasteiger partial charge < -0.3 is 0 Å². The summed E-state index contributed by atoms with van der Waals surface area (Å²) in [5.41, 5.74) is 14.3. The number of fused-ring (bicyclic) bond motifs is 5. The van der Waals surface area contributed by atoms with Crippen LogP contribution in [0.3, 0.4) is 0 Å². The van der Waals surface area contributed by atoms with Crippen LogP contribution in [-0.4, -0.2) is 4.21 Å². The Morgan fingerprint density at radius 1 is 0.810 bits per heavy atom. The first-order chi connectivity index (χ1) is 18.7. The van der Waals surface area contributed by atoms with Gasteiger partial charge in [-0.2, -0.15) is 0 Å². The third-order valence-electron chi connectivity index (χ3n) is 11.0. The minimum absolute atomic E-state index is 0. The van der Waals surface area contributed by atoms with Crippen LogP contribution in [-0.2, 0) is 35.5 Å². The fourth-order valence-corrected chi connectivity index (χ4v) is 24.4. The quantitative estimate of drug-likeness (QED) is 0.203. The molecule has 0 bridgehead atoms. The summed E-state index contributed by atoms with van der Waals surface area (Å²) in [6, 6.07) is 19.4. The van der Waals surface area contributed by atoms with Gasteiger partial charge in [-0.1, -0.05) is 0 Å². The Bertz CT molecular complexity index is 1860. The second-order valence-electron chi connectivity index (χ2n) is 14.8. The van der Waals surface area contributed by atoms with E-state index in [-0.39, 0.29) is 35.6 Å². The van der Waals surface area contributed by atoms with Crippen LogP contribution in [0.2, 0.25) is 4.63 Å². The Kier molecular flexibility index (Phi) is 7.27. The van der Waals surface area contributed by atoms with Crippen molar-refractivity contribution < 1.29 is 18.3 Å². The monoisotopic (exact) mass is 672 g/mol. The summed E-state index contributed by atoms with van der Waals surface area (Å²) < 4.78 is 12.7. The molecule has 0 fully saturated rings. The molecule has 218 valence electrons. The van der Waals surface area contributed by atoms with Crippen molar-refractivity contribution in [2.45, 2.75) is 70.3 Å². The molecule has 3 aromatic carbocycles. The van der Waals surface area contributed by atoms with Crippen LogP contribution < -0.4 is 3.27 Å². The molecule has 0 aromatic heterocycles. The topological polar surface area (TPSA) is 0 Å². The average Bonchev–Trinajstić information content (AvgIpc) is 3.59. The predicted molar refractivity (Wildman–Crippen MR) is 187 cm³/mol. The molecule has 0 nitrogen and oxygen atoms in total. The zero-order valence-electron chi connectivity index (χ0n) is 26.3. The number of hydrogen-bond donors (Lipinski definition) is 0. The zero-order chi connectivity index (χ0) is 28.4. The van der Waals surface area contributed by atoms with Gasteiger partial charge in [-0.05, 0) is 0 Å². The van der Waals surface area contributed by atoms with Crippen LogP contribution in [0.4, 0.5) is 0 Å². The molecule has 0 spiro atoms. The van der Waals surface area contributed by atoms with Gasteiger partial charge in [0.25, 0.3) is 0 Å². The zero-order valence-corrected chi connectivity index (χ0v) is 30.4. The van der Waals surface area contributed by atoms with E-state index in [1.807, 2.05) is 0 Å². The summed E-state index contributed by atoms with van der Waals surface area (Å²) in [4.78, 5) is 0. The molecule has 0 saturated heterocycles. The summed E-state index contributed by atoms with van der Waals surface area (Å²) in [6.07, 6.45) is 13.2. The number of aryl methyl sites for hydroxylation is 1. The summed E-state index contributed by atoms with van der Waals surface area (Å²) in [7, 11) is 0. The van der Waals surface area contributed by atoms with Crippen LogP contribution in [0.25, 0.3) is 23.3 Å². The van der Waals surface area contributed by atoms with Gasteiger partial charge in [-0.15, -0.1) is 24.8 Å². The van der Waals surface area contributed by atoms with Crippen LogP contribution in [0.5, 0.6) is 0 Å². The van der Waals surface area contributed by atoms with E-state index in [2.05, 4.69) is 132 Å². The van der Waals surface area contributed by atoms with Gasteiger partial charge in [-0.25, -0.2) is 0 Å². The first-order valence-corrected chi connectivity index (χ1v) is 22.9. The van der Waals surface area contributed by atoms with Crippen molar-refractivity contribution in [1.82, 2.24) is 0 Å². The summed E-state index contributed by atoms with van der Waals surface area (Å²) >= 11 is -4.18. The molecule has 7 rings (SSSR count). The van der Waals surface area contributed by atoms with Crippen molar-refractivity contribution in [3.05, 3.63) is 118 Å². The fourth-order valence-electron chi connectivity index (χ4n) is 8.79. The third-order valence-corrected chi connectivity index (χ3v) is 26.4. The maximum absolute atomic E-state index is 5.43. The average molecular weight is 675 g/mol. The van der Waals surface area contributed by atoms with Gasteiger partial charge in [0.1, 0.15) is 0 Å². The van der Waals surface area contributed by atoms with Gasteiger partial charge in [0, 0.05) is 0 Å². The van der Waals surface area contributed by atoms with E-state index in [0.717, 1.165) is 6.42 Å². The van der Waals surface area contributed by atoms with E-state index >= 15 is 0 Å².